The molecule has 2 aromatic heterocycles. The van der Waals surface area contributed by atoms with E-state index >= 15 is 0 Å². The van der Waals surface area contributed by atoms with Crippen molar-refractivity contribution in [3.63, 3.8) is 0 Å². The molecular formula is C34H25AlN2O3. The number of hydrogen-bond acceptors (Lipinski definition) is 5. The lowest BCUT2D eigenvalue weighted by molar-refractivity contribution is 0.311. The smallest absolute Gasteiger partial charge is 0.577 e. The summed E-state index contributed by atoms with van der Waals surface area (Å²) in [7, 11) is 0. The number of pyridine rings is 2. The predicted molar refractivity (Wildman–Crippen MR) is 162 cm³/mol. The van der Waals surface area contributed by atoms with Crippen LogP contribution in [0.4, 0.5) is 0 Å². The van der Waals surface area contributed by atoms with Crippen molar-refractivity contribution in [3.8, 4) is 17.2 Å². The zero-order valence-electron chi connectivity index (χ0n) is 22.2. The van der Waals surface area contributed by atoms with Gasteiger partial charge in [-0.2, -0.15) is 0 Å². The third-order valence-corrected chi connectivity index (χ3v) is 8.38. The van der Waals surface area contributed by atoms with Gasteiger partial charge in [-0.05, 0) is 60.3 Å². The molecule has 40 heavy (non-hydrogen) atoms. The van der Waals surface area contributed by atoms with Crippen LogP contribution in [0.25, 0.3) is 43.4 Å². The number of benzene rings is 5. The molecule has 0 unspecified atom stereocenters. The Balaban J connectivity index is 1.36. The monoisotopic (exact) mass is 536 g/mol. The maximum Gasteiger partial charge on any atom is 1.20 e. The molecule has 0 amide bonds. The predicted octanol–water partition coefficient (Wildman–Crippen LogP) is 8.23. The average molecular weight is 537 g/mol. The Hall–Kier alpha value is -4.63. The minimum Gasteiger partial charge on any atom is -0.577 e. The van der Waals surface area contributed by atoms with Crippen LogP contribution in [0.5, 0.6) is 17.2 Å². The summed E-state index contributed by atoms with van der Waals surface area (Å²) in [5.74, 6) is 1.99. The van der Waals surface area contributed by atoms with Crippen molar-refractivity contribution in [2.24, 2.45) is 0 Å². The lowest BCUT2D eigenvalue weighted by Gasteiger charge is -2.19. The summed E-state index contributed by atoms with van der Waals surface area (Å²) in [6.07, 6.45) is 0. The molecule has 6 heteroatoms. The quantitative estimate of drug-likeness (QED) is 0.158. The van der Waals surface area contributed by atoms with E-state index in [1.807, 2.05) is 80.6 Å². The van der Waals surface area contributed by atoms with Gasteiger partial charge in [0.2, 0.25) is 0 Å². The standard InChI is InChI=1S/C14H10O.2C10H9NO.Al/c15-13-7-3-5-11-9-8-10-4-1-2-6-12(10)14(11)13;2*1-7-5-6-8-3-2-4-9(12)10(8)11-7;/h1-9,15H;2*2-6,12H,1H3;/q;;;+3/p-3. The first-order chi connectivity index (χ1) is 19.6. The van der Waals surface area contributed by atoms with E-state index in [1.54, 1.807) is 0 Å². The maximum atomic E-state index is 6.74. The van der Waals surface area contributed by atoms with E-state index in [0.717, 1.165) is 60.5 Å². The molecule has 0 saturated carbocycles. The topological polar surface area (TPSA) is 53.5 Å². The molecule has 0 N–H and O–H groups in total. The van der Waals surface area contributed by atoms with Crippen LogP contribution in [0, 0.1) is 13.8 Å². The molecule has 0 atom stereocenters. The van der Waals surface area contributed by atoms with Gasteiger partial charge in [0.25, 0.3) is 0 Å². The third kappa shape index (κ3) is 4.58. The highest BCUT2D eigenvalue weighted by molar-refractivity contribution is 6.40. The molecule has 0 spiro atoms. The van der Waals surface area contributed by atoms with Crippen molar-refractivity contribution in [1.82, 2.24) is 9.97 Å². The summed E-state index contributed by atoms with van der Waals surface area (Å²) in [5.41, 5.74) is 3.39. The Bertz CT molecular complexity index is 1960. The van der Waals surface area contributed by atoms with Gasteiger partial charge >= 0.3 is 15.1 Å². The first kappa shape index (κ1) is 24.4. The van der Waals surface area contributed by atoms with Gasteiger partial charge in [0.05, 0.1) is 5.75 Å². The molecule has 0 bridgehead atoms. The first-order valence-electron chi connectivity index (χ1n) is 13.3. The van der Waals surface area contributed by atoms with Crippen molar-refractivity contribution in [2.45, 2.75) is 13.8 Å². The molecule has 192 valence electrons. The second-order valence-corrected chi connectivity index (χ2v) is 11.1. The Morgan fingerprint density at radius 3 is 1.57 bits per heavy atom. The summed E-state index contributed by atoms with van der Waals surface area (Å²) >= 11 is -2.93. The molecule has 0 aliphatic heterocycles. The Kier molecular flexibility index (Phi) is 6.20. The van der Waals surface area contributed by atoms with Crippen LogP contribution in [-0.4, -0.2) is 25.1 Å². The fraction of sp³-hybridized carbons (Fsp3) is 0.0588. The molecule has 5 aromatic carbocycles. The normalized spacial score (nSPS) is 11.2. The summed E-state index contributed by atoms with van der Waals surface area (Å²) in [5, 5.41) is 6.38. The number of aromatic nitrogens is 2. The van der Waals surface area contributed by atoms with Gasteiger partial charge in [-0.3, -0.25) is 0 Å². The summed E-state index contributed by atoms with van der Waals surface area (Å²) in [6.45, 7) is 3.95. The van der Waals surface area contributed by atoms with Crippen LogP contribution in [0.3, 0.4) is 0 Å². The molecule has 0 aliphatic rings. The summed E-state index contributed by atoms with van der Waals surface area (Å²) < 4.78 is 20.0. The van der Waals surface area contributed by atoms with Crippen molar-refractivity contribution < 1.29 is 11.4 Å². The van der Waals surface area contributed by atoms with Gasteiger partial charge in [0.15, 0.2) is 0 Å². The molecule has 7 rings (SSSR count). The van der Waals surface area contributed by atoms with Gasteiger partial charge in [-0.25, -0.2) is 9.97 Å². The lowest BCUT2D eigenvalue weighted by Crippen LogP contribution is -2.37. The molecule has 0 radical (unpaired) electrons. The zero-order chi connectivity index (χ0) is 27.1. The number of nitrogens with zero attached hydrogens (tertiary/aromatic N) is 2. The Labute approximate surface area is 237 Å². The number of para-hydroxylation sites is 2. The number of hydrogen-bond donors (Lipinski definition) is 0. The second-order valence-electron chi connectivity index (χ2n) is 9.84. The van der Waals surface area contributed by atoms with Gasteiger partial charge < -0.3 is 11.4 Å². The van der Waals surface area contributed by atoms with E-state index < -0.39 is 15.1 Å². The van der Waals surface area contributed by atoms with Crippen molar-refractivity contribution in [3.05, 3.63) is 127 Å². The summed E-state index contributed by atoms with van der Waals surface area (Å²) in [4.78, 5) is 9.54. The molecule has 2 heterocycles. The van der Waals surface area contributed by atoms with Crippen LogP contribution in [0.15, 0.2) is 115 Å². The summed E-state index contributed by atoms with van der Waals surface area (Å²) in [6, 6.07) is 38.6. The van der Waals surface area contributed by atoms with E-state index in [4.69, 9.17) is 21.3 Å². The number of rotatable bonds is 6. The van der Waals surface area contributed by atoms with Gasteiger partial charge in [-0.15, -0.1) is 0 Å². The first-order valence-corrected chi connectivity index (χ1v) is 14.7. The van der Waals surface area contributed by atoms with E-state index in [1.165, 1.54) is 0 Å². The second kappa shape index (κ2) is 10.2. The number of aryl methyl sites for hydroxylation is 2. The fourth-order valence-electron chi connectivity index (χ4n) is 5.13. The SMILES string of the molecule is Cc1ccc2cccc([O][Al]([O]c3cccc4ccc(C)nc34)[O]c3cccc4ccc5ccccc5c34)c2n1. The van der Waals surface area contributed by atoms with E-state index in [0.29, 0.717) is 11.5 Å². The molecule has 0 fully saturated rings. The highest BCUT2D eigenvalue weighted by atomic mass is 27.3. The fourth-order valence-corrected chi connectivity index (χ4v) is 6.47. The van der Waals surface area contributed by atoms with E-state index in [9.17, 15) is 0 Å². The maximum absolute atomic E-state index is 6.74. The van der Waals surface area contributed by atoms with Crippen molar-refractivity contribution >= 4 is 58.5 Å². The average Bonchev–Trinajstić information content (AvgIpc) is 2.97. The van der Waals surface area contributed by atoms with Crippen LogP contribution in [-0.2, 0) is 0 Å². The Morgan fingerprint density at radius 2 is 0.925 bits per heavy atom. The molecule has 5 nitrogen and oxygen atoms in total. The van der Waals surface area contributed by atoms with Gasteiger partial charge in [0, 0.05) is 27.5 Å². The highest BCUT2D eigenvalue weighted by Crippen LogP contribution is 2.34. The van der Waals surface area contributed by atoms with Crippen LogP contribution in [0.2, 0.25) is 0 Å². The zero-order valence-corrected chi connectivity index (χ0v) is 23.3. The largest absolute Gasteiger partial charge is 1.20 e. The van der Waals surface area contributed by atoms with E-state index in [2.05, 4.69) is 48.5 Å². The van der Waals surface area contributed by atoms with Gasteiger partial charge in [0.1, 0.15) is 22.5 Å². The van der Waals surface area contributed by atoms with Crippen LogP contribution >= 0.6 is 0 Å². The van der Waals surface area contributed by atoms with Crippen LogP contribution in [0.1, 0.15) is 11.4 Å². The van der Waals surface area contributed by atoms with Crippen LogP contribution < -0.4 is 11.4 Å². The van der Waals surface area contributed by atoms with Crippen molar-refractivity contribution in [1.29, 1.82) is 0 Å². The lowest BCUT2D eigenvalue weighted by atomic mass is 10.0. The minimum absolute atomic E-state index is 0.632. The molecule has 0 aliphatic carbocycles. The third-order valence-electron chi connectivity index (χ3n) is 7.05. The molecule has 0 saturated heterocycles. The molecule has 7 aromatic rings. The minimum atomic E-state index is -2.93. The van der Waals surface area contributed by atoms with Crippen molar-refractivity contribution in [2.75, 3.05) is 0 Å². The highest BCUT2D eigenvalue weighted by Gasteiger charge is 2.45. The Morgan fingerprint density at radius 1 is 0.450 bits per heavy atom. The molecular weight excluding hydrogens is 511 g/mol. The van der Waals surface area contributed by atoms with Gasteiger partial charge in [-0.1, -0.05) is 84.9 Å². The van der Waals surface area contributed by atoms with E-state index in [-0.39, 0.29) is 0 Å². The number of fused-ring (bicyclic) bond motifs is 5.